The number of nitrogens with two attached hydrogens (primary N) is 1. The number of ketones is 1. The quantitative estimate of drug-likeness (QED) is 0.888. The minimum atomic E-state index is -0.398. The Bertz CT molecular complexity index is 496. The van der Waals surface area contributed by atoms with Gasteiger partial charge in [-0.2, -0.15) is 0 Å². The van der Waals surface area contributed by atoms with Crippen LogP contribution in [0.15, 0.2) is 18.2 Å². The van der Waals surface area contributed by atoms with E-state index in [-0.39, 0.29) is 11.9 Å². The first kappa shape index (κ1) is 12.6. The van der Waals surface area contributed by atoms with E-state index in [4.69, 9.17) is 10.5 Å². The minimum Gasteiger partial charge on any atom is -0.489 e. The van der Waals surface area contributed by atoms with Gasteiger partial charge in [0.25, 0.3) is 0 Å². The fourth-order valence-electron chi connectivity index (χ4n) is 2.07. The zero-order valence-corrected chi connectivity index (χ0v) is 10.6. The molecule has 0 bridgehead atoms. The van der Waals surface area contributed by atoms with Crippen LogP contribution in [-0.2, 0) is 4.79 Å². The van der Waals surface area contributed by atoms with Gasteiger partial charge in [0.05, 0.1) is 11.5 Å². The molecular weight excluding hydrogens is 230 g/mol. The van der Waals surface area contributed by atoms with Crippen molar-refractivity contribution in [2.45, 2.75) is 38.7 Å². The molecule has 18 heavy (non-hydrogen) atoms. The van der Waals surface area contributed by atoms with Crippen LogP contribution in [0.25, 0.3) is 0 Å². The maximum atomic E-state index is 12.0. The molecule has 1 aromatic rings. The van der Waals surface area contributed by atoms with E-state index in [1.54, 1.807) is 25.1 Å². The smallest absolute Gasteiger partial charge is 0.224 e. The van der Waals surface area contributed by atoms with Crippen molar-refractivity contribution >= 4 is 11.7 Å². The number of fused-ring (bicyclic) bond motifs is 1. The summed E-state index contributed by atoms with van der Waals surface area (Å²) in [6, 6.07) is 5.27. The normalized spacial score (nSPS) is 19.9. The molecule has 4 nitrogen and oxygen atoms in total. The molecule has 2 atom stereocenters. The van der Waals surface area contributed by atoms with Crippen LogP contribution in [0.2, 0.25) is 0 Å². The Kier molecular flexibility index (Phi) is 3.36. The second kappa shape index (κ2) is 4.80. The molecule has 1 amide bonds. The molecule has 2 N–H and O–H groups in total. The fourth-order valence-corrected chi connectivity index (χ4v) is 2.07. The Morgan fingerprint density at radius 1 is 1.56 bits per heavy atom. The van der Waals surface area contributed by atoms with E-state index in [1.807, 2.05) is 6.92 Å². The Balaban J connectivity index is 2.36. The summed E-state index contributed by atoms with van der Waals surface area (Å²) in [7, 11) is 0. The van der Waals surface area contributed by atoms with Gasteiger partial charge in [-0.15, -0.1) is 0 Å². The molecule has 1 aliphatic rings. The van der Waals surface area contributed by atoms with E-state index in [9.17, 15) is 9.59 Å². The van der Waals surface area contributed by atoms with Gasteiger partial charge >= 0.3 is 0 Å². The van der Waals surface area contributed by atoms with Crippen molar-refractivity contribution < 1.29 is 14.3 Å². The van der Waals surface area contributed by atoms with Crippen LogP contribution in [-0.4, -0.2) is 17.8 Å². The third-order valence-corrected chi connectivity index (χ3v) is 3.39. The van der Waals surface area contributed by atoms with Gasteiger partial charge in [0.2, 0.25) is 5.91 Å². The standard InChI is InChI=1S/C14H17NO3/c1-3-10-7-12(16)11-6-9(8(2)14(15)17)4-5-13(11)18-10/h4-6,8,10H,3,7H2,1-2H3,(H2,15,17). The Morgan fingerprint density at radius 3 is 2.89 bits per heavy atom. The lowest BCUT2D eigenvalue weighted by atomic mass is 9.93. The van der Waals surface area contributed by atoms with E-state index in [1.165, 1.54) is 0 Å². The minimum absolute atomic E-state index is 0.0376. The highest BCUT2D eigenvalue weighted by Gasteiger charge is 2.26. The summed E-state index contributed by atoms with van der Waals surface area (Å²) in [4.78, 5) is 23.2. The number of rotatable bonds is 3. The van der Waals surface area contributed by atoms with Gasteiger partial charge in [0.15, 0.2) is 5.78 Å². The average Bonchev–Trinajstić information content (AvgIpc) is 2.37. The third kappa shape index (κ3) is 2.23. The topological polar surface area (TPSA) is 69.4 Å². The fraction of sp³-hybridized carbons (Fsp3) is 0.429. The van der Waals surface area contributed by atoms with Crippen molar-refractivity contribution in [1.82, 2.24) is 0 Å². The largest absolute Gasteiger partial charge is 0.489 e. The summed E-state index contributed by atoms with van der Waals surface area (Å²) < 4.78 is 5.71. The maximum absolute atomic E-state index is 12.0. The molecule has 0 spiro atoms. The second-order valence-electron chi connectivity index (χ2n) is 4.66. The first-order valence-corrected chi connectivity index (χ1v) is 6.16. The summed E-state index contributed by atoms with van der Waals surface area (Å²) in [6.45, 7) is 3.72. The summed E-state index contributed by atoms with van der Waals surface area (Å²) in [5.41, 5.74) is 6.59. The Hall–Kier alpha value is -1.84. The van der Waals surface area contributed by atoms with Crippen molar-refractivity contribution in [3.63, 3.8) is 0 Å². The van der Waals surface area contributed by atoms with Gasteiger partial charge in [0.1, 0.15) is 11.9 Å². The van der Waals surface area contributed by atoms with E-state index in [2.05, 4.69) is 0 Å². The number of hydrogen-bond acceptors (Lipinski definition) is 3. The monoisotopic (exact) mass is 247 g/mol. The number of ether oxygens (including phenoxy) is 1. The lowest BCUT2D eigenvalue weighted by Crippen LogP contribution is -2.26. The third-order valence-electron chi connectivity index (χ3n) is 3.39. The van der Waals surface area contributed by atoms with E-state index >= 15 is 0 Å². The summed E-state index contributed by atoms with van der Waals surface area (Å²) in [5, 5.41) is 0. The van der Waals surface area contributed by atoms with Crippen molar-refractivity contribution in [3.8, 4) is 5.75 Å². The molecule has 96 valence electrons. The van der Waals surface area contributed by atoms with Gasteiger partial charge < -0.3 is 10.5 Å². The van der Waals surface area contributed by atoms with Gasteiger partial charge in [0, 0.05) is 6.42 Å². The molecule has 1 heterocycles. The highest BCUT2D eigenvalue weighted by atomic mass is 16.5. The molecule has 0 aromatic heterocycles. The van der Waals surface area contributed by atoms with Crippen molar-refractivity contribution in [1.29, 1.82) is 0 Å². The molecule has 0 fully saturated rings. The SMILES string of the molecule is CCC1CC(=O)c2cc(C(C)C(N)=O)ccc2O1. The predicted molar refractivity (Wildman–Crippen MR) is 67.7 cm³/mol. The van der Waals surface area contributed by atoms with Gasteiger partial charge in [-0.3, -0.25) is 9.59 Å². The molecule has 0 aliphatic carbocycles. The predicted octanol–water partition coefficient (Wildman–Crippen LogP) is 2.02. The number of benzene rings is 1. The molecular formula is C14H17NO3. The molecule has 4 heteroatoms. The number of primary amides is 1. The first-order valence-electron chi connectivity index (χ1n) is 6.16. The van der Waals surface area contributed by atoms with Crippen LogP contribution >= 0.6 is 0 Å². The molecule has 1 aromatic carbocycles. The van der Waals surface area contributed by atoms with Crippen LogP contribution in [0.3, 0.4) is 0 Å². The zero-order chi connectivity index (χ0) is 13.3. The maximum Gasteiger partial charge on any atom is 0.224 e. The highest BCUT2D eigenvalue weighted by molar-refractivity contribution is 6.00. The molecule has 1 aliphatic heterocycles. The van der Waals surface area contributed by atoms with Crippen LogP contribution in [0.1, 0.15) is 48.5 Å². The number of amides is 1. The number of carbonyl (C=O) groups is 2. The van der Waals surface area contributed by atoms with Crippen LogP contribution in [0.4, 0.5) is 0 Å². The Labute approximate surface area is 106 Å². The van der Waals surface area contributed by atoms with Crippen LogP contribution in [0.5, 0.6) is 5.75 Å². The van der Waals surface area contributed by atoms with E-state index in [0.717, 1.165) is 12.0 Å². The van der Waals surface area contributed by atoms with Gasteiger partial charge in [-0.05, 0) is 31.0 Å². The number of hydrogen-bond donors (Lipinski definition) is 1. The van der Waals surface area contributed by atoms with Crippen LogP contribution in [0, 0.1) is 0 Å². The number of Topliss-reactive ketones (excluding diaryl/α,β-unsaturated/α-hetero) is 1. The lowest BCUT2D eigenvalue weighted by molar-refractivity contribution is -0.119. The van der Waals surface area contributed by atoms with Crippen molar-refractivity contribution in [2.75, 3.05) is 0 Å². The summed E-state index contributed by atoms with van der Waals surface area (Å²) in [5.74, 6) is -0.113. The van der Waals surface area contributed by atoms with Crippen molar-refractivity contribution in [2.24, 2.45) is 5.73 Å². The van der Waals surface area contributed by atoms with Gasteiger partial charge in [-0.1, -0.05) is 13.0 Å². The van der Waals surface area contributed by atoms with Crippen molar-refractivity contribution in [3.05, 3.63) is 29.3 Å². The second-order valence-corrected chi connectivity index (χ2v) is 4.66. The van der Waals surface area contributed by atoms with E-state index < -0.39 is 11.8 Å². The molecule has 2 unspecified atom stereocenters. The summed E-state index contributed by atoms with van der Waals surface area (Å²) >= 11 is 0. The zero-order valence-electron chi connectivity index (χ0n) is 10.6. The molecule has 2 rings (SSSR count). The first-order chi connectivity index (χ1) is 8.52. The molecule has 0 saturated heterocycles. The van der Waals surface area contributed by atoms with E-state index in [0.29, 0.717) is 17.7 Å². The van der Waals surface area contributed by atoms with Crippen LogP contribution < -0.4 is 10.5 Å². The van der Waals surface area contributed by atoms with Gasteiger partial charge in [-0.25, -0.2) is 0 Å². The Morgan fingerprint density at radius 2 is 2.28 bits per heavy atom. The highest BCUT2D eigenvalue weighted by Crippen LogP contribution is 2.31. The lowest BCUT2D eigenvalue weighted by Gasteiger charge is -2.25. The number of carbonyl (C=O) groups excluding carboxylic acids is 2. The average molecular weight is 247 g/mol. The summed E-state index contributed by atoms with van der Waals surface area (Å²) in [6.07, 6.45) is 1.17. The molecule has 0 radical (unpaired) electrons. The molecule has 0 saturated carbocycles.